The summed E-state index contributed by atoms with van der Waals surface area (Å²) in [5, 5.41) is 16.8. The number of hydrogen-bond donors (Lipinski definition) is 0. The first-order valence-corrected chi connectivity index (χ1v) is 4.93. The summed E-state index contributed by atoms with van der Waals surface area (Å²) in [4.78, 5) is 0. The average Bonchev–Trinajstić information content (AvgIpc) is 2.06. The molecule has 1 atom stereocenters. The van der Waals surface area contributed by atoms with Crippen LogP contribution in [0.2, 0.25) is 0 Å². The molecule has 0 aliphatic carbocycles. The van der Waals surface area contributed by atoms with Crippen molar-refractivity contribution in [2.45, 2.75) is 10.9 Å². The Hall–Kier alpha value is -0.460. The number of halogens is 2. The van der Waals surface area contributed by atoms with E-state index in [2.05, 4.69) is 36.6 Å². The molecule has 0 rings (SSSR count). The van der Waals surface area contributed by atoms with Crippen molar-refractivity contribution in [1.82, 2.24) is 0 Å². The van der Waals surface area contributed by atoms with Crippen molar-refractivity contribution in [3.63, 3.8) is 0 Å². The maximum absolute atomic E-state index is 8.26. The second-order valence-electron chi connectivity index (χ2n) is 1.90. The van der Waals surface area contributed by atoms with Gasteiger partial charge in [0.2, 0.25) is 0 Å². The van der Waals surface area contributed by atoms with E-state index < -0.39 is 4.51 Å². The third-order valence-corrected chi connectivity index (χ3v) is 3.57. The van der Waals surface area contributed by atoms with E-state index in [0.717, 1.165) is 0 Å². The Morgan fingerprint density at radius 2 is 2.00 bits per heavy atom. The average molecular weight is 298 g/mol. The quantitative estimate of drug-likeness (QED) is 0.441. The second kappa shape index (κ2) is 6.10. The highest BCUT2D eigenvalue weighted by Crippen LogP contribution is 2.26. The molecule has 6 heteroatoms. The molecule has 0 N–H and O–H groups in total. The molecule has 0 bridgehead atoms. The molecule has 0 aromatic heterocycles. The molecule has 0 saturated heterocycles. The SMILES string of the molecule is N#COCCC(Br)(CBr)OC#N. The summed E-state index contributed by atoms with van der Waals surface area (Å²) in [6.07, 6.45) is 3.52. The number of alkyl halides is 2. The van der Waals surface area contributed by atoms with E-state index in [0.29, 0.717) is 11.8 Å². The lowest BCUT2D eigenvalue weighted by atomic mass is 10.3. The molecule has 0 spiro atoms. The summed E-state index contributed by atoms with van der Waals surface area (Å²) in [5.74, 6) is 0. The van der Waals surface area contributed by atoms with Crippen LogP contribution in [0.4, 0.5) is 0 Å². The summed E-state index contributed by atoms with van der Waals surface area (Å²) in [6, 6.07) is 0. The lowest BCUT2D eigenvalue weighted by molar-refractivity contribution is 0.118. The third kappa shape index (κ3) is 4.42. The van der Waals surface area contributed by atoms with Crippen molar-refractivity contribution < 1.29 is 9.47 Å². The van der Waals surface area contributed by atoms with Crippen LogP contribution in [0.25, 0.3) is 0 Å². The fourth-order valence-corrected chi connectivity index (χ4v) is 1.11. The first-order valence-electron chi connectivity index (χ1n) is 3.01. The molecular weight excluding hydrogens is 292 g/mol. The molecule has 0 aliphatic rings. The topological polar surface area (TPSA) is 66.0 Å². The van der Waals surface area contributed by atoms with Crippen LogP contribution in [0.5, 0.6) is 0 Å². The highest BCUT2D eigenvalue weighted by Gasteiger charge is 2.27. The molecule has 0 saturated carbocycles. The molecule has 0 fully saturated rings. The van der Waals surface area contributed by atoms with Gasteiger partial charge < -0.3 is 9.47 Å². The number of nitrogens with zero attached hydrogens (tertiary/aromatic N) is 2. The molecular formula is C6H6Br2N2O2. The van der Waals surface area contributed by atoms with Crippen molar-refractivity contribution in [1.29, 1.82) is 10.5 Å². The Bertz CT molecular complexity index is 211. The molecule has 0 radical (unpaired) electrons. The Morgan fingerprint density at radius 3 is 2.42 bits per heavy atom. The zero-order chi connectivity index (χ0) is 9.45. The summed E-state index contributed by atoms with van der Waals surface area (Å²) in [6.45, 7) is 0.217. The summed E-state index contributed by atoms with van der Waals surface area (Å²) >= 11 is 6.36. The largest absolute Gasteiger partial charge is 0.427 e. The Labute approximate surface area is 87.3 Å². The van der Waals surface area contributed by atoms with Gasteiger partial charge in [-0.1, -0.05) is 15.9 Å². The van der Waals surface area contributed by atoms with E-state index in [4.69, 9.17) is 15.3 Å². The van der Waals surface area contributed by atoms with Gasteiger partial charge in [-0.2, -0.15) is 10.5 Å². The van der Waals surface area contributed by atoms with Crippen molar-refractivity contribution in [3.05, 3.63) is 0 Å². The zero-order valence-corrected chi connectivity index (χ0v) is 9.26. The van der Waals surface area contributed by atoms with Gasteiger partial charge in [0.05, 0.1) is 5.33 Å². The van der Waals surface area contributed by atoms with Gasteiger partial charge in [0.1, 0.15) is 6.61 Å². The van der Waals surface area contributed by atoms with Crippen molar-refractivity contribution >= 4 is 31.9 Å². The molecule has 12 heavy (non-hydrogen) atoms. The minimum absolute atomic E-state index is 0.217. The molecule has 1 unspecified atom stereocenters. The number of ether oxygens (including phenoxy) is 2. The molecule has 0 amide bonds. The van der Waals surface area contributed by atoms with E-state index in [1.165, 1.54) is 6.26 Å². The Morgan fingerprint density at radius 1 is 1.33 bits per heavy atom. The lowest BCUT2D eigenvalue weighted by Gasteiger charge is -2.20. The van der Waals surface area contributed by atoms with Gasteiger partial charge in [-0.3, -0.25) is 0 Å². The van der Waals surface area contributed by atoms with E-state index in [1.54, 1.807) is 6.26 Å². The fraction of sp³-hybridized carbons (Fsp3) is 0.667. The van der Waals surface area contributed by atoms with Gasteiger partial charge in [0.15, 0.2) is 4.51 Å². The number of hydrogen-bond acceptors (Lipinski definition) is 4. The van der Waals surface area contributed by atoms with E-state index >= 15 is 0 Å². The summed E-state index contributed by atoms with van der Waals surface area (Å²) in [7, 11) is 0. The lowest BCUT2D eigenvalue weighted by Crippen LogP contribution is -2.26. The second-order valence-corrected chi connectivity index (χ2v) is 3.91. The van der Waals surface area contributed by atoms with Crippen LogP contribution >= 0.6 is 31.9 Å². The van der Waals surface area contributed by atoms with E-state index in [1.807, 2.05) is 0 Å². The highest BCUT2D eigenvalue weighted by molar-refractivity contribution is 9.12. The van der Waals surface area contributed by atoms with Crippen LogP contribution in [-0.4, -0.2) is 16.4 Å². The van der Waals surface area contributed by atoms with Gasteiger partial charge in [0.25, 0.3) is 12.5 Å². The summed E-state index contributed by atoms with van der Waals surface area (Å²) < 4.78 is 8.39. The minimum Gasteiger partial charge on any atom is -0.427 e. The first-order chi connectivity index (χ1) is 5.68. The molecule has 66 valence electrons. The van der Waals surface area contributed by atoms with Gasteiger partial charge in [-0.15, -0.1) is 0 Å². The van der Waals surface area contributed by atoms with Crippen molar-refractivity contribution in [2.75, 3.05) is 11.9 Å². The fourth-order valence-electron chi connectivity index (χ4n) is 0.476. The number of rotatable bonds is 5. The van der Waals surface area contributed by atoms with Crippen LogP contribution in [-0.2, 0) is 9.47 Å². The third-order valence-electron chi connectivity index (χ3n) is 1.07. The normalized spacial score (nSPS) is 13.7. The van der Waals surface area contributed by atoms with Crippen LogP contribution in [0, 0.1) is 23.0 Å². The van der Waals surface area contributed by atoms with Gasteiger partial charge in [0, 0.05) is 6.42 Å². The zero-order valence-electron chi connectivity index (χ0n) is 6.09. The van der Waals surface area contributed by atoms with Gasteiger partial charge in [-0.25, -0.2) is 0 Å². The molecule has 4 nitrogen and oxygen atoms in total. The number of nitriles is 2. The summed E-state index contributed by atoms with van der Waals surface area (Å²) in [5.41, 5.74) is 0. The van der Waals surface area contributed by atoms with Crippen molar-refractivity contribution in [2.24, 2.45) is 0 Å². The monoisotopic (exact) mass is 296 g/mol. The predicted molar refractivity (Wildman–Crippen MR) is 48.3 cm³/mol. The standard InChI is InChI=1S/C6H6Br2N2O2/c7-3-6(8,12-5-10)1-2-11-4-9/h1-3H2. The van der Waals surface area contributed by atoms with Crippen LogP contribution in [0.1, 0.15) is 6.42 Å². The smallest absolute Gasteiger partial charge is 0.287 e. The van der Waals surface area contributed by atoms with Crippen molar-refractivity contribution in [3.8, 4) is 12.5 Å². The van der Waals surface area contributed by atoms with Gasteiger partial charge >= 0.3 is 0 Å². The minimum atomic E-state index is -0.765. The molecule has 0 aliphatic heterocycles. The van der Waals surface area contributed by atoms with Crippen LogP contribution < -0.4 is 0 Å². The maximum Gasteiger partial charge on any atom is 0.287 e. The Balaban J connectivity index is 3.82. The molecule has 0 aromatic rings. The van der Waals surface area contributed by atoms with Crippen LogP contribution in [0.3, 0.4) is 0 Å². The first kappa shape index (κ1) is 11.5. The van der Waals surface area contributed by atoms with E-state index in [9.17, 15) is 0 Å². The molecule has 0 heterocycles. The maximum atomic E-state index is 8.26. The van der Waals surface area contributed by atoms with Gasteiger partial charge in [-0.05, 0) is 15.9 Å². The predicted octanol–water partition coefficient (Wildman–Crippen LogP) is 1.86. The van der Waals surface area contributed by atoms with E-state index in [-0.39, 0.29) is 6.61 Å². The highest BCUT2D eigenvalue weighted by atomic mass is 79.9. The molecule has 0 aromatic carbocycles. The van der Waals surface area contributed by atoms with Crippen LogP contribution in [0.15, 0.2) is 0 Å². The Kier molecular flexibility index (Phi) is 5.87.